The highest BCUT2D eigenvalue weighted by Gasteiger charge is 2.34. The molecule has 40 heavy (non-hydrogen) atoms. The number of ether oxygens (including phenoxy) is 3. The quantitative estimate of drug-likeness (QED) is 0.233. The third-order valence-electron chi connectivity index (χ3n) is 8.62. The second-order valence-electron chi connectivity index (χ2n) is 11.4. The molecule has 2 fully saturated rings. The van der Waals surface area contributed by atoms with Gasteiger partial charge in [0.2, 0.25) is 0 Å². The lowest BCUT2D eigenvalue weighted by atomic mass is 9.91. The van der Waals surface area contributed by atoms with Crippen molar-refractivity contribution in [2.75, 3.05) is 14.2 Å². The van der Waals surface area contributed by atoms with Gasteiger partial charge in [0.1, 0.15) is 23.9 Å². The summed E-state index contributed by atoms with van der Waals surface area (Å²) in [5, 5.41) is 0. The molecule has 0 radical (unpaired) electrons. The molecule has 6 heteroatoms. The third kappa shape index (κ3) is 6.49. The van der Waals surface area contributed by atoms with Gasteiger partial charge in [0.25, 0.3) is 0 Å². The topological polar surface area (TPSA) is 48.0 Å². The maximum Gasteiger partial charge on any atom is 0.306 e. The smallest absolute Gasteiger partial charge is 0.306 e. The lowest BCUT2D eigenvalue weighted by Crippen LogP contribution is -2.32. The highest BCUT2D eigenvalue weighted by atomic mass is 19.1. The first-order valence-electron chi connectivity index (χ1n) is 14.4. The van der Waals surface area contributed by atoms with Gasteiger partial charge in [-0.3, -0.25) is 9.69 Å². The number of hydrogen-bond donors (Lipinski definition) is 0. The second kappa shape index (κ2) is 12.4. The van der Waals surface area contributed by atoms with Crippen molar-refractivity contribution in [3.05, 3.63) is 83.2 Å². The molecule has 2 aliphatic rings. The molecule has 1 aliphatic heterocycles. The average Bonchev–Trinajstić information content (AvgIpc) is 3.77. The maximum atomic E-state index is 15.1. The molecule has 1 heterocycles. The van der Waals surface area contributed by atoms with Crippen molar-refractivity contribution in [2.24, 2.45) is 5.92 Å². The molecule has 3 aromatic rings. The second-order valence-corrected chi connectivity index (χ2v) is 11.4. The number of rotatable bonds is 11. The summed E-state index contributed by atoms with van der Waals surface area (Å²) >= 11 is 0. The number of esters is 1. The summed E-state index contributed by atoms with van der Waals surface area (Å²) in [6.07, 6.45) is 5.01. The molecule has 0 unspecified atom stereocenters. The number of halogens is 1. The number of carbonyl (C=O) groups excluding carboxylic acids is 1. The number of benzene rings is 3. The Bertz CT molecular complexity index is 1330. The molecule has 0 aromatic heterocycles. The van der Waals surface area contributed by atoms with Crippen LogP contribution >= 0.6 is 0 Å². The molecule has 0 N–H and O–H groups in total. The van der Waals surface area contributed by atoms with Crippen LogP contribution in [0.4, 0.5) is 4.39 Å². The fourth-order valence-corrected chi connectivity index (χ4v) is 6.04. The average molecular weight is 546 g/mol. The molecule has 1 saturated carbocycles. The van der Waals surface area contributed by atoms with Gasteiger partial charge in [-0.1, -0.05) is 30.3 Å². The molecular weight excluding hydrogens is 505 g/mol. The third-order valence-corrected chi connectivity index (χ3v) is 8.62. The summed E-state index contributed by atoms with van der Waals surface area (Å²) in [4.78, 5) is 14.5. The molecular formula is C34H40FNO4. The molecule has 1 aliphatic carbocycles. The van der Waals surface area contributed by atoms with E-state index in [0.29, 0.717) is 42.3 Å². The van der Waals surface area contributed by atoms with E-state index in [1.807, 2.05) is 24.3 Å². The van der Waals surface area contributed by atoms with Gasteiger partial charge in [-0.15, -0.1) is 0 Å². The van der Waals surface area contributed by atoms with E-state index in [-0.39, 0.29) is 17.7 Å². The van der Waals surface area contributed by atoms with E-state index < -0.39 is 0 Å². The van der Waals surface area contributed by atoms with Gasteiger partial charge in [-0.2, -0.15) is 0 Å². The lowest BCUT2D eigenvalue weighted by molar-refractivity contribution is -0.141. The van der Waals surface area contributed by atoms with Crippen LogP contribution in [-0.4, -0.2) is 37.2 Å². The van der Waals surface area contributed by atoms with Crippen molar-refractivity contribution >= 4 is 5.97 Å². The number of methoxy groups -OCH3 is 2. The number of carbonyl (C=O) groups is 1. The molecule has 0 spiro atoms. The largest absolute Gasteiger partial charge is 0.497 e. The van der Waals surface area contributed by atoms with Crippen molar-refractivity contribution < 1.29 is 23.4 Å². The van der Waals surface area contributed by atoms with E-state index in [1.54, 1.807) is 19.2 Å². The van der Waals surface area contributed by atoms with Crippen LogP contribution in [0, 0.1) is 11.7 Å². The summed E-state index contributed by atoms with van der Waals surface area (Å²) < 4.78 is 31.7. The predicted octanol–water partition coefficient (Wildman–Crippen LogP) is 7.51. The first-order chi connectivity index (χ1) is 19.4. The van der Waals surface area contributed by atoms with Gasteiger partial charge in [0, 0.05) is 24.2 Å². The fourth-order valence-electron chi connectivity index (χ4n) is 6.04. The standard InChI is InChI=1S/C34H40FNO4/c1-22-8-9-23(2)36(22)20-27-16-24(10-14-30(27)32-18-28(38-3)13-15-33(32)35)21-40-29-7-5-6-26(17-29)31(25-11-12-25)19-34(37)39-4/h5-7,10,13-18,22-23,25,31H,8-9,11-12,19-21H2,1-4H3/t22-,23-,31-/m1/s1. The van der Waals surface area contributed by atoms with Crippen LogP contribution in [0.25, 0.3) is 11.1 Å². The zero-order chi connectivity index (χ0) is 28.2. The Morgan fingerprint density at radius 2 is 1.70 bits per heavy atom. The van der Waals surface area contributed by atoms with Crippen molar-refractivity contribution in [1.82, 2.24) is 4.90 Å². The molecule has 5 rings (SSSR count). The number of likely N-dealkylation sites (tertiary alicyclic amines) is 1. The Kier molecular flexibility index (Phi) is 8.75. The van der Waals surface area contributed by atoms with Gasteiger partial charge in [0.05, 0.1) is 20.6 Å². The minimum absolute atomic E-state index is 0.157. The van der Waals surface area contributed by atoms with Gasteiger partial charge < -0.3 is 14.2 Å². The van der Waals surface area contributed by atoms with Gasteiger partial charge in [0.15, 0.2) is 0 Å². The van der Waals surface area contributed by atoms with E-state index in [1.165, 1.54) is 26.0 Å². The monoisotopic (exact) mass is 545 g/mol. The van der Waals surface area contributed by atoms with Crippen molar-refractivity contribution in [1.29, 1.82) is 0 Å². The Hall–Kier alpha value is -3.38. The zero-order valence-corrected chi connectivity index (χ0v) is 24.0. The van der Waals surface area contributed by atoms with Crippen molar-refractivity contribution in [2.45, 2.75) is 77.1 Å². The molecule has 212 valence electrons. The predicted molar refractivity (Wildman–Crippen MR) is 155 cm³/mol. The minimum atomic E-state index is -0.262. The van der Waals surface area contributed by atoms with Crippen LogP contribution in [0.5, 0.6) is 11.5 Å². The van der Waals surface area contributed by atoms with E-state index in [0.717, 1.165) is 47.4 Å². The SMILES string of the molecule is COC(=O)C[C@@H](c1cccc(OCc2ccc(-c3cc(OC)ccc3F)c(CN3[C@H](C)CC[C@H]3C)c2)c1)C1CC1. The summed E-state index contributed by atoms with van der Waals surface area (Å²) in [6.45, 7) is 5.68. The molecule has 5 nitrogen and oxygen atoms in total. The Labute approximate surface area is 237 Å². The Balaban J connectivity index is 1.39. The van der Waals surface area contributed by atoms with Crippen LogP contribution in [-0.2, 0) is 22.7 Å². The first-order valence-corrected chi connectivity index (χ1v) is 14.4. The van der Waals surface area contributed by atoms with Crippen LogP contribution in [0.2, 0.25) is 0 Å². The number of nitrogens with zero attached hydrogens (tertiary/aromatic N) is 1. The Morgan fingerprint density at radius 3 is 2.40 bits per heavy atom. The van der Waals surface area contributed by atoms with Crippen LogP contribution in [0.15, 0.2) is 60.7 Å². The van der Waals surface area contributed by atoms with E-state index in [2.05, 4.69) is 36.9 Å². The molecule has 0 amide bonds. The highest BCUT2D eigenvalue weighted by Crippen LogP contribution is 2.45. The van der Waals surface area contributed by atoms with Crippen molar-refractivity contribution in [3.8, 4) is 22.6 Å². The minimum Gasteiger partial charge on any atom is -0.497 e. The summed E-state index contributed by atoms with van der Waals surface area (Å²) in [7, 11) is 3.04. The lowest BCUT2D eigenvalue weighted by Gasteiger charge is -2.27. The van der Waals surface area contributed by atoms with Gasteiger partial charge in [-0.05, 0) is 104 Å². The maximum absolute atomic E-state index is 15.1. The molecule has 3 atom stereocenters. The summed E-state index contributed by atoms with van der Waals surface area (Å²) in [6, 6.07) is 20.1. The normalized spacial score (nSPS) is 19.8. The Morgan fingerprint density at radius 1 is 0.925 bits per heavy atom. The van der Waals surface area contributed by atoms with Crippen molar-refractivity contribution in [3.63, 3.8) is 0 Å². The molecule has 3 aromatic carbocycles. The van der Waals surface area contributed by atoms with E-state index >= 15 is 4.39 Å². The molecule has 0 bridgehead atoms. The zero-order valence-electron chi connectivity index (χ0n) is 24.0. The van der Waals surface area contributed by atoms with Gasteiger partial charge in [-0.25, -0.2) is 4.39 Å². The summed E-state index contributed by atoms with van der Waals surface area (Å²) in [5.74, 6) is 1.65. The first kappa shape index (κ1) is 28.2. The highest BCUT2D eigenvalue weighted by molar-refractivity contribution is 5.71. The van der Waals surface area contributed by atoms with E-state index in [9.17, 15) is 4.79 Å². The van der Waals surface area contributed by atoms with Crippen LogP contribution in [0.3, 0.4) is 0 Å². The fraction of sp³-hybridized carbons (Fsp3) is 0.441. The number of hydrogen-bond acceptors (Lipinski definition) is 5. The van der Waals surface area contributed by atoms with Crippen LogP contribution in [0.1, 0.15) is 68.6 Å². The van der Waals surface area contributed by atoms with Gasteiger partial charge >= 0.3 is 5.97 Å². The van der Waals surface area contributed by atoms with E-state index in [4.69, 9.17) is 14.2 Å². The van der Waals surface area contributed by atoms with Crippen LogP contribution < -0.4 is 9.47 Å². The molecule has 1 saturated heterocycles. The summed E-state index contributed by atoms with van der Waals surface area (Å²) in [5.41, 5.74) is 4.65.